The molecule has 1 aliphatic carbocycles. The highest BCUT2D eigenvalue weighted by atomic mass is 16.5. The highest BCUT2D eigenvalue weighted by Crippen LogP contribution is 2.40. The topological polar surface area (TPSA) is 107 Å². The summed E-state index contributed by atoms with van der Waals surface area (Å²) >= 11 is 0. The van der Waals surface area contributed by atoms with Gasteiger partial charge in [0.1, 0.15) is 23.6 Å². The van der Waals surface area contributed by atoms with Crippen molar-refractivity contribution in [1.82, 2.24) is 15.2 Å². The van der Waals surface area contributed by atoms with E-state index in [0.29, 0.717) is 42.1 Å². The molecule has 1 aliphatic rings. The molecule has 31 heavy (non-hydrogen) atoms. The number of allylic oxidation sites excluding steroid dienone is 2. The van der Waals surface area contributed by atoms with Crippen molar-refractivity contribution in [3.8, 4) is 0 Å². The number of aromatic nitrogens is 1. The number of hydrogen-bond donors (Lipinski definition) is 1. The van der Waals surface area contributed by atoms with Crippen LogP contribution in [0.4, 0.5) is 5.69 Å². The van der Waals surface area contributed by atoms with E-state index in [1.54, 1.807) is 38.6 Å². The fraction of sp³-hybridized carbons (Fsp3) is 0.348. The smallest absolute Gasteiger partial charge is 0.269 e. The van der Waals surface area contributed by atoms with Gasteiger partial charge in [0.15, 0.2) is 16.6 Å². The third kappa shape index (κ3) is 4.92. The molecule has 1 amide bonds. The number of ketones is 1. The zero-order chi connectivity index (χ0) is 22.4. The van der Waals surface area contributed by atoms with Crippen molar-refractivity contribution in [2.45, 2.75) is 26.7 Å². The number of aryl methyl sites for hydroxylation is 2. The number of hydrogen-bond acceptors (Lipinski definition) is 6. The fourth-order valence-electron chi connectivity index (χ4n) is 3.96. The Morgan fingerprint density at radius 2 is 2.03 bits per heavy atom. The molecule has 8 nitrogen and oxygen atoms in total. The molecular weight excluding hydrogens is 394 g/mol. The molecule has 2 aromatic rings. The van der Waals surface area contributed by atoms with Crippen LogP contribution >= 0.6 is 0 Å². The largest absolute Gasteiger partial charge is 0.500 e. The van der Waals surface area contributed by atoms with Crippen LogP contribution in [0.2, 0.25) is 0 Å². The number of carbonyl (C=O) groups excluding carboxylic acids is 2. The summed E-state index contributed by atoms with van der Waals surface area (Å²) < 4.78 is 5.69. The predicted molar refractivity (Wildman–Crippen MR) is 117 cm³/mol. The van der Waals surface area contributed by atoms with Gasteiger partial charge in [0, 0.05) is 25.1 Å². The van der Waals surface area contributed by atoms with E-state index in [9.17, 15) is 9.59 Å². The first-order chi connectivity index (χ1) is 15.0. The van der Waals surface area contributed by atoms with Crippen LogP contribution in [0.25, 0.3) is 5.57 Å². The van der Waals surface area contributed by atoms with Gasteiger partial charge in [0.25, 0.3) is 5.91 Å². The van der Waals surface area contributed by atoms with Crippen LogP contribution in [0.15, 0.2) is 52.5 Å². The van der Waals surface area contributed by atoms with E-state index in [-0.39, 0.29) is 17.6 Å². The summed E-state index contributed by atoms with van der Waals surface area (Å²) in [7, 11) is 3.15. The number of nitrogens with zero attached hydrogens (tertiary/aromatic N) is 4. The van der Waals surface area contributed by atoms with E-state index >= 15 is 0 Å². The number of carbonyl (C=O) groups is 2. The summed E-state index contributed by atoms with van der Waals surface area (Å²) in [5, 5.41) is 10.6. The summed E-state index contributed by atoms with van der Waals surface area (Å²) in [6, 6.07) is 8.95. The maximum Gasteiger partial charge on any atom is 0.269 e. The van der Waals surface area contributed by atoms with Gasteiger partial charge in [-0.3, -0.25) is 14.6 Å². The van der Waals surface area contributed by atoms with Crippen molar-refractivity contribution in [2.75, 3.05) is 20.7 Å². The number of nitrogens with one attached hydrogen (secondary N) is 1. The lowest BCUT2D eigenvalue weighted by molar-refractivity contribution is -0.113. The van der Waals surface area contributed by atoms with E-state index in [0.717, 1.165) is 16.7 Å². The zero-order valence-corrected chi connectivity index (χ0v) is 18.2. The lowest BCUT2D eigenvalue weighted by atomic mass is 9.93. The molecule has 1 heterocycles. The Hall–Kier alpha value is -3.64. The number of ether oxygens (including phenoxy) is 1. The molecule has 0 aliphatic heterocycles. The minimum Gasteiger partial charge on any atom is -0.500 e. The second kappa shape index (κ2) is 9.91. The SMILES string of the molecule is CN=[N+]=Nc1cc(C)c(C2=C(OC)C(CCNC(=O)c3ccccn3)CC2=O)c(C)c1. The summed E-state index contributed by atoms with van der Waals surface area (Å²) in [5.41, 5.74) is 4.38. The number of rotatable bonds is 7. The maximum absolute atomic E-state index is 12.9. The van der Waals surface area contributed by atoms with Gasteiger partial charge in [-0.1, -0.05) is 6.07 Å². The Morgan fingerprint density at radius 3 is 2.65 bits per heavy atom. The average Bonchev–Trinajstić information content (AvgIpc) is 3.07. The third-order valence-corrected chi connectivity index (χ3v) is 5.24. The van der Waals surface area contributed by atoms with Gasteiger partial charge >= 0.3 is 0 Å². The normalized spacial score (nSPS) is 15.5. The molecule has 0 saturated carbocycles. The summed E-state index contributed by atoms with van der Waals surface area (Å²) in [5.74, 6) is 0.389. The van der Waals surface area contributed by atoms with Crippen molar-refractivity contribution < 1.29 is 14.3 Å². The van der Waals surface area contributed by atoms with Crippen LogP contribution in [0.1, 0.15) is 40.0 Å². The van der Waals surface area contributed by atoms with E-state index in [1.165, 1.54) is 0 Å². The van der Waals surface area contributed by atoms with Crippen LogP contribution in [0.5, 0.6) is 0 Å². The van der Waals surface area contributed by atoms with E-state index in [1.807, 2.05) is 26.0 Å². The Balaban J connectivity index is 1.81. The quantitative estimate of drug-likeness (QED) is 0.544. The molecule has 1 aromatic heterocycles. The van der Waals surface area contributed by atoms with Gasteiger partial charge in [-0.15, -0.1) is 0 Å². The number of pyridine rings is 1. The van der Waals surface area contributed by atoms with Gasteiger partial charge in [-0.05, 0) is 61.2 Å². The van der Waals surface area contributed by atoms with Crippen LogP contribution in [0, 0.1) is 19.8 Å². The molecular formula is C23H26N5O3+. The van der Waals surface area contributed by atoms with Crippen molar-refractivity contribution in [2.24, 2.45) is 16.1 Å². The summed E-state index contributed by atoms with van der Waals surface area (Å²) in [4.78, 5) is 32.9. The first-order valence-electron chi connectivity index (χ1n) is 10.1. The number of methoxy groups -OCH3 is 1. The zero-order valence-electron chi connectivity index (χ0n) is 18.2. The highest BCUT2D eigenvalue weighted by Gasteiger charge is 2.35. The van der Waals surface area contributed by atoms with Gasteiger partial charge in [0.05, 0.1) is 12.7 Å². The lowest BCUT2D eigenvalue weighted by Crippen LogP contribution is -2.26. The lowest BCUT2D eigenvalue weighted by Gasteiger charge is -2.16. The first kappa shape index (κ1) is 22.1. The van der Waals surface area contributed by atoms with Crippen molar-refractivity contribution in [3.63, 3.8) is 0 Å². The van der Waals surface area contributed by atoms with Gasteiger partial charge in [-0.25, -0.2) is 0 Å². The van der Waals surface area contributed by atoms with Gasteiger partial charge in [-0.2, -0.15) is 0 Å². The molecule has 0 spiro atoms. The van der Waals surface area contributed by atoms with E-state index < -0.39 is 0 Å². The summed E-state index contributed by atoms with van der Waals surface area (Å²) in [6.07, 6.45) is 2.53. The Bertz CT molecular complexity index is 1060. The Labute approximate surface area is 181 Å². The Morgan fingerprint density at radius 1 is 1.29 bits per heavy atom. The van der Waals surface area contributed by atoms with Crippen LogP contribution in [-0.2, 0) is 9.53 Å². The molecule has 0 bridgehead atoms. The number of Topliss-reactive ketones (excluding diaryl/α,β-unsaturated/α-hetero) is 1. The van der Waals surface area contributed by atoms with E-state index in [4.69, 9.17) is 4.74 Å². The molecule has 0 fully saturated rings. The molecule has 1 aromatic carbocycles. The minimum absolute atomic E-state index is 0.0436. The monoisotopic (exact) mass is 420 g/mol. The van der Waals surface area contributed by atoms with Crippen molar-refractivity contribution >= 4 is 23.0 Å². The molecule has 160 valence electrons. The molecule has 0 saturated heterocycles. The molecule has 1 N–H and O–H groups in total. The second-order valence-electron chi connectivity index (χ2n) is 7.37. The highest BCUT2D eigenvalue weighted by molar-refractivity contribution is 6.24. The molecule has 0 radical (unpaired) electrons. The first-order valence-corrected chi connectivity index (χ1v) is 10.1. The van der Waals surface area contributed by atoms with Crippen LogP contribution < -0.4 is 10.2 Å². The van der Waals surface area contributed by atoms with Crippen molar-refractivity contribution in [1.29, 1.82) is 0 Å². The third-order valence-electron chi connectivity index (χ3n) is 5.24. The maximum atomic E-state index is 12.9. The van der Waals surface area contributed by atoms with Crippen LogP contribution in [0.3, 0.4) is 0 Å². The molecule has 8 heteroatoms. The van der Waals surface area contributed by atoms with Gasteiger partial charge < -0.3 is 10.1 Å². The molecule has 1 atom stereocenters. The summed E-state index contributed by atoms with van der Waals surface area (Å²) in [6.45, 7) is 4.31. The van der Waals surface area contributed by atoms with Gasteiger partial charge in [0.2, 0.25) is 4.91 Å². The fourth-order valence-corrected chi connectivity index (χ4v) is 3.96. The number of amides is 1. The minimum atomic E-state index is -0.233. The number of benzene rings is 1. The molecule has 3 rings (SSSR count). The van der Waals surface area contributed by atoms with E-state index in [2.05, 4.69) is 25.4 Å². The van der Waals surface area contributed by atoms with Crippen molar-refractivity contribution in [3.05, 3.63) is 64.7 Å². The predicted octanol–water partition coefficient (Wildman–Crippen LogP) is 3.70. The Kier molecular flexibility index (Phi) is 7.05. The second-order valence-corrected chi connectivity index (χ2v) is 7.37. The molecule has 1 unspecified atom stereocenters. The average molecular weight is 420 g/mol. The van der Waals surface area contributed by atoms with Crippen LogP contribution in [-0.4, -0.2) is 37.4 Å². The standard InChI is InChI=1S/C23H25N5O3/c1-14-11-17(27-28-24-3)12-15(2)20(14)21-19(29)13-16(22(21)31-4)8-10-26-23(30)18-7-5-6-9-25-18/h5-7,9,11-12,16H,8,10,13H2,1-4H3/p+1.